The van der Waals surface area contributed by atoms with Crippen LogP contribution in [0, 0.1) is 0 Å². The molecule has 0 saturated heterocycles. The zero-order valence-electron chi connectivity index (χ0n) is 24.8. The molecule has 11 nitrogen and oxygen atoms in total. The monoisotopic (exact) mass is 605 g/mol. The van der Waals surface area contributed by atoms with Crippen molar-refractivity contribution in [1.29, 1.82) is 0 Å². The number of hydrogen-bond acceptors (Lipinski definition) is 8. The molecule has 0 aromatic carbocycles. The summed E-state index contributed by atoms with van der Waals surface area (Å²) in [4.78, 5) is 43.4. The number of unbranched alkanes of at least 4 members (excludes halogenated alkanes) is 11. The third-order valence-corrected chi connectivity index (χ3v) is 6.98. The number of nitrogens with one attached hydrogen (secondary N) is 1. The lowest BCUT2D eigenvalue weighted by atomic mass is 10.1. The molecule has 12 heteroatoms. The van der Waals surface area contributed by atoms with Crippen molar-refractivity contribution in [3.63, 3.8) is 0 Å². The summed E-state index contributed by atoms with van der Waals surface area (Å²) in [6.07, 6.45) is 23.7. The fourth-order valence-corrected chi connectivity index (χ4v) is 4.50. The summed E-state index contributed by atoms with van der Waals surface area (Å²) < 4.78 is 25.9. The van der Waals surface area contributed by atoms with Crippen LogP contribution in [0.15, 0.2) is 24.3 Å². The summed E-state index contributed by atoms with van der Waals surface area (Å²) in [6.45, 7) is 1.40. The molecule has 0 spiro atoms. The van der Waals surface area contributed by atoms with Crippen molar-refractivity contribution in [1.82, 2.24) is 5.32 Å². The average Bonchev–Trinajstić information content (AvgIpc) is 2.92. The predicted molar refractivity (Wildman–Crippen MR) is 157 cm³/mol. The first-order chi connectivity index (χ1) is 19.6. The van der Waals surface area contributed by atoms with E-state index >= 15 is 0 Å². The van der Waals surface area contributed by atoms with Crippen LogP contribution in [0.5, 0.6) is 0 Å². The molecule has 0 aliphatic rings. The Bertz CT molecular complexity index is 817. The standard InChI is InChI=1S/C29H52NO10P/c1-3-4-5-6-7-8-9-10-11-12-13-14-15-16-17-18-19-20-21-28(33)38-22-26(32)23-39-41(36,37)40-24-27(29(34)35)30-25(2)31/h8-9,11-12,26-27,32H,3-7,10,13-24H2,1-2H3,(H,30,31)(H,34,35)(H,36,37)/b9-8-,12-11-. The Morgan fingerprint density at radius 3 is 1.90 bits per heavy atom. The SMILES string of the molecule is CCCCCC/C=C\C/C=C\CCCCCCCCCC(=O)OCC(O)COP(=O)(O)OCC(NC(C)=O)C(=O)O. The number of esters is 1. The summed E-state index contributed by atoms with van der Waals surface area (Å²) in [6, 6.07) is -1.54. The second-order valence-corrected chi connectivity index (χ2v) is 11.5. The Morgan fingerprint density at radius 2 is 1.34 bits per heavy atom. The van der Waals surface area contributed by atoms with Gasteiger partial charge in [0.15, 0.2) is 6.04 Å². The van der Waals surface area contributed by atoms with Crippen molar-refractivity contribution < 1.29 is 47.8 Å². The number of phosphoric ester groups is 1. The van der Waals surface area contributed by atoms with Crippen LogP contribution < -0.4 is 5.32 Å². The number of rotatable bonds is 27. The Kier molecular flexibility index (Phi) is 24.4. The molecule has 0 aliphatic heterocycles. The minimum Gasteiger partial charge on any atom is -0.480 e. The van der Waals surface area contributed by atoms with E-state index in [0.29, 0.717) is 6.42 Å². The minimum absolute atomic E-state index is 0.215. The number of hydrogen-bond donors (Lipinski definition) is 4. The lowest BCUT2D eigenvalue weighted by molar-refractivity contribution is -0.147. The Hall–Kier alpha value is -2.04. The van der Waals surface area contributed by atoms with Crippen molar-refractivity contribution in [3.8, 4) is 0 Å². The summed E-state index contributed by atoms with van der Waals surface area (Å²) in [5.74, 6) is -2.60. The number of carbonyl (C=O) groups is 3. The molecule has 0 saturated carbocycles. The number of carboxylic acid groups (broad SMARTS) is 1. The van der Waals surface area contributed by atoms with E-state index in [1.807, 2.05) is 5.32 Å². The normalized spacial score (nSPS) is 14.6. The van der Waals surface area contributed by atoms with Crippen molar-refractivity contribution in [2.24, 2.45) is 0 Å². The average molecular weight is 606 g/mol. The first-order valence-corrected chi connectivity index (χ1v) is 16.3. The fourth-order valence-electron chi connectivity index (χ4n) is 3.73. The second-order valence-electron chi connectivity index (χ2n) is 10.0. The van der Waals surface area contributed by atoms with E-state index in [4.69, 9.17) is 9.84 Å². The maximum absolute atomic E-state index is 11.8. The van der Waals surface area contributed by atoms with Crippen LogP contribution >= 0.6 is 7.82 Å². The van der Waals surface area contributed by atoms with Crippen LogP contribution in [0.1, 0.15) is 110 Å². The molecule has 41 heavy (non-hydrogen) atoms. The quantitative estimate of drug-likeness (QED) is 0.0400. The highest BCUT2D eigenvalue weighted by Crippen LogP contribution is 2.43. The smallest absolute Gasteiger partial charge is 0.472 e. The van der Waals surface area contributed by atoms with Gasteiger partial charge in [-0.15, -0.1) is 0 Å². The molecule has 0 bridgehead atoms. The summed E-state index contributed by atoms with van der Waals surface area (Å²) >= 11 is 0. The number of amides is 1. The number of allylic oxidation sites excluding steroid dienone is 4. The third kappa shape index (κ3) is 26.6. The molecular weight excluding hydrogens is 553 g/mol. The van der Waals surface area contributed by atoms with E-state index < -0.39 is 57.6 Å². The lowest BCUT2D eigenvalue weighted by Gasteiger charge is -2.18. The number of aliphatic hydroxyl groups is 1. The van der Waals surface area contributed by atoms with Gasteiger partial charge in [-0.3, -0.25) is 18.6 Å². The minimum atomic E-state index is -4.70. The highest BCUT2D eigenvalue weighted by Gasteiger charge is 2.28. The van der Waals surface area contributed by atoms with Crippen LogP contribution in [0.25, 0.3) is 0 Å². The van der Waals surface area contributed by atoms with Crippen LogP contribution in [0.2, 0.25) is 0 Å². The summed E-state index contributed by atoms with van der Waals surface area (Å²) in [5.41, 5.74) is 0. The Balaban J connectivity index is 3.72. The molecule has 3 atom stereocenters. The van der Waals surface area contributed by atoms with Crippen LogP contribution in [0.4, 0.5) is 0 Å². The van der Waals surface area contributed by atoms with E-state index in [1.54, 1.807) is 0 Å². The summed E-state index contributed by atoms with van der Waals surface area (Å²) in [5, 5.41) is 20.8. The molecule has 0 aromatic heterocycles. The molecule has 0 fully saturated rings. The zero-order valence-corrected chi connectivity index (χ0v) is 25.7. The van der Waals surface area contributed by atoms with E-state index in [9.17, 15) is 28.9 Å². The number of carbonyl (C=O) groups excluding carboxylic acids is 2. The van der Waals surface area contributed by atoms with Crippen molar-refractivity contribution in [2.75, 3.05) is 19.8 Å². The van der Waals surface area contributed by atoms with Gasteiger partial charge in [-0.1, -0.05) is 82.6 Å². The molecule has 0 radical (unpaired) electrons. The maximum Gasteiger partial charge on any atom is 0.472 e. The van der Waals surface area contributed by atoms with E-state index in [2.05, 4.69) is 40.3 Å². The molecule has 4 N–H and O–H groups in total. The lowest BCUT2D eigenvalue weighted by Crippen LogP contribution is -2.42. The van der Waals surface area contributed by atoms with E-state index in [1.165, 1.54) is 51.4 Å². The first kappa shape index (κ1) is 39.0. The van der Waals surface area contributed by atoms with Crippen molar-refractivity contribution >= 4 is 25.7 Å². The predicted octanol–water partition coefficient (Wildman–Crippen LogP) is 5.60. The van der Waals surface area contributed by atoms with Gasteiger partial charge in [0.1, 0.15) is 12.7 Å². The van der Waals surface area contributed by atoms with E-state index in [-0.39, 0.29) is 6.42 Å². The largest absolute Gasteiger partial charge is 0.480 e. The van der Waals surface area contributed by atoms with Gasteiger partial charge in [0.25, 0.3) is 0 Å². The van der Waals surface area contributed by atoms with Crippen LogP contribution in [-0.4, -0.2) is 64.9 Å². The maximum atomic E-state index is 11.8. The van der Waals surface area contributed by atoms with Gasteiger partial charge < -0.3 is 25.2 Å². The van der Waals surface area contributed by atoms with Gasteiger partial charge in [-0.2, -0.15) is 0 Å². The first-order valence-electron chi connectivity index (χ1n) is 14.8. The molecule has 1 amide bonds. The summed E-state index contributed by atoms with van der Waals surface area (Å²) in [7, 11) is -4.70. The van der Waals surface area contributed by atoms with Gasteiger partial charge in [0.05, 0.1) is 13.2 Å². The van der Waals surface area contributed by atoms with Crippen molar-refractivity contribution in [3.05, 3.63) is 24.3 Å². The second kappa shape index (κ2) is 25.7. The molecule has 0 heterocycles. The Labute approximate surface area is 245 Å². The highest BCUT2D eigenvalue weighted by atomic mass is 31.2. The molecule has 0 aliphatic carbocycles. The van der Waals surface area contributed by atoms with Crippen molar-refractivity contribution in [2.45, 2.75) is 122 Å². The van der Waals surface area contributed by atoms with E-state index in [0.717, 1.165) is 39.0 Å². The van der Waals surface area contributed by atoms with Crippen LogP contribution in [0.3, 0.4) is 0 Å². The number of aliphatic carboxylic acids is 1. The molecule has 0 rings (SSSR count). The number of carboxylic acids is 1. The molecule has 3 unspecified atom stereocenters. The van der Waals surface area contributed by atoms with Gasteiger partial charge >= 0.3 is 19.8 Å². The number of phosphoric acid groups is 1. The number of aliphatic hydroxyl groups excluding tert-OH is 1. The van der Waals surface area contributed by atoms with Gasteiger partial charge in [-0.25, -0.2) is 9.36 Å². The van der Waals surface area contributed by atoms with Gasteiger partial charge in [0, 0.05) is 13.3 Å². The highest BCUT2D eigenvalue weighted by molar-refractivity contribution is 7.47. The third-order valence-electron chi connectivity index (χ3n) is 6.03. The molecule has 238 valence electrons. The molecule has 0 aromatic rings. The van der Waals surface area contributed by atoms with Gasteiger partial charge in [0.2, 0.25) is 5.91 Å². The Morgan fingerprint density at radius 1 is 0.805 bits per heavy atom. The van der Waals surface area contributed by atoms with Crippen LogP contribution in [-0.2, 0) is 32.7 Å². The topological polar surface area (TPSA) is 169 Å². The van der Waals surface area contributed by atoms with Gasteiger partial charge in [-0.05, 0) is 38.5 Å². The number of ether oxygens (including phenoxy) is 1. The molecular formula is C29H52NO10P. The fraction of sp³-hybridized carbons (Fsp3) is 0.759. The zero-order chi connectivity index (χ0) is 30.8.